The lowest BCUT2D eigenvalue weighted by atomic mass is 9.98. The Balaban J connectivity index is 2.07. The van der Waals surface area contributed by atoms with E-state index in [2.05, 4.69) is 28.1 Å². The van der Waals surface area contributed by atoms with Crippen LogP contribution in [0.15, 0.2) is 22.7 Å². The van der Waals surface area contributed by atoms with Crippen LogP contribution in [-0.4, -0.2) is 24.0 Å². The molecule has 1 aliphatic rings. The van der Waals surface area contributed by atoms with Gasteiger partial charge in [-0.1, -0.05) is 6.07 Å². The van der Waals surface area contributed by atoms with Crippen LogP contribution in [0.2, 0.25) is 0 Å². The molecule has 0 spiro atoms. The topological polar surface area (TPSA) is 9.23 Å². The second kappa shape index (κ2) is 5.65. The fraction of sp³-hybridized carbons (Fsp3) is 0.500. The van der Waals surface area contributed by atoms with Crippen LogP contribution in [0.3, 0.4) is 0 Å². The van der Waals surface area contributed by atoms with Crippen molar-refractivity contribution in [1.82, 2.24) is 0 Å². The van der Waals surface area contributed by atoms with E-state index >= 15 is 0 Å². The molecular weight excluding hydrogens is 308 g/mol. The number of halogens is 2. The number of hydrogen-bond acceptors (Lipinski definition) is 2. The highest BCUT2D eigenvalue weighted by Gasteiger charge is 2.25. The first-order chi connectivity index (χ1) is 7.70. The van der Waals surface area contributed by atoms with Crippen LogP contribution in [0.5, 0.6) is 5.75 Å². The summed E-state index contributed by atoms with van der Waals surface area (Å²) in [6.07, 6.45) is 1.06. The van der Waals surface area contributed by atoms with Crippen molar-refractivity contribution < 1.29 is 4.74 Å². The number of hydrogen-bond donors (Lipinski definition) is 0. The van der Waals surface area contributed by atoms with Crippen molar-refractivity contribution in [3.8, 4) is 5.75 Å². The molecule has 1 saturated heterocycles. The Morgan fingerprint density at radius 1 is 1.50 bits per heavy atom. The molecule has 4 heteroatoms. The van der Waals surface area contributed by atoms with E-state index in [0.717, 1.165) is 22.4 Å². The summed E-state index contributed by atoms with van der Waals surface area (Å²) in [7, 11) is 1.68. The molecule has 2 atom stereocenters. The molecule has 1 aromatic rings. The Morgan fingerprint density at radius 2 is 2.31 bits per heavy atom. The average Bonchev–Trinajstić information content (AvgIpc) is 2.65. The van der Waals surface area contributed by atoms with Gasteiger partial charge >= 0.3 is 0 Å². The normalized spacial score (nSPS) is 24.7. The quantitative estimate of drug-likeness (QED) is 0.779. The van der Waals surface area contributed by atoms with E-state index in [0.29, 0.717) is 11.3 Å². The summed E-state index contributed by atoms with van der Waals surface area (Å²) < 4.78 is 6.23. The predicted octanol–water partition coefficient (Wildman–Crippen LogP) is 3.97. The molecule has 0 aliphatic carbocycles. The number of rotatable bonds is 3. The van der Waals surface area contributed by atoms with Gasteiger partial charge < -0.3 is 4.74 Å². The Labute approximate surface area is 114 Å². The molecule has 1 heterocycles. The van der Waals surface area contributed by atoms with Crippen molar-refractivity contribution in [1.29, 1.82) is 0 Å². The van der Waals surface area contributed by atoms with Crippen LogP contribution in [-0.2, 0) is 6.42 Å². The fourth-order valence-corrected chi connectivity index (χ4v) is 4.32. The van der Waals surface area contributed by atoms with E-state index < -0.39 is 0 Å². The number of alkyl halides is 1. The second-order valence-electron chi connectivity index (χ2n) is 3.99. The highest BCUT2D eigenvalue weighted by atomic mass is 79.9. The van der Waals surface area contributed by atoms with Crippen LogP contribution in [0, 0.1) is 5.92 Å². The van der Waals surface area contributed by atoms with Crippen molar-refractivity contribution in [2.24, 2.45) is 5.92 Å². The van der Waals surface area contributed by atoms with Crippen molar-refractivity contribution in [2.45, 2.75) is 11.8 Å². The first kappa shape index (κ1) is 12.6. The molecule has 0 aromatic heterocycles. The van der Waals surface area contributed by atoms with E-state index in [-0.39, 0.29) is 0 Å². The van der Waals surface area contributed by atoms with Gasteiger partial charge in [-0.3, -0.25) is 0 Å². The summed E-state index contributed by atoms with van der Waals surface area (Å²) in [5, 5.41) is 0.325. The Kier molecular flexibility index (Phi) is 4.45. The highest BCUT2D eigenvalue weighted by molar-refractivity contribution is 9.10. The molecule has 0 N–H and O–H groups in total. The minimum Gasteiger partial charge on any atom is -0.496 e. The Hall–Kier alpha value is 0.140. The van der Waals surface area contributed by atoms with E-state index in [1.54, 1.807) is 7.11 Å². The zero-order valence-corrected chi connectivity index (χ0v) is 12.2. The predicted molar refractivity (Wildman–Crippen MR) is 74.9 cm³/mol. The zero-order valence-electron chi connectivity index (χ0n) is 9.08. The molecule has 2 unspecified atom stereocenters. The van der Waals surface area contributed by atoms with E-state index in [4.69, 9.17) is 16.3 Å². The molecule has 0 radical (unpaired) electrons. The third kappa shape index (κ3) is 2.88. The smallest absolute Gasteiger partial charge is 0.133 e. The summed E-state index contributed by atoms with van der Waals surface area (Å²) in [4.78, 5) is 0. The summed E-state index contributed by atoms with van der Waals surface area (Å²) in [6.45, 7) is 0. The molecule has 1 fully saturated rings. The van der Waals surface area contributed by atoms with Crippen molar-refractivity contribution in [3.63, 3.8) is 0 Å². The van der Waals surface area contributed by atoms with Gasteiger partial charge in [0.25, 0.3) is 0 Å². The SMILES string of the molecule is COc1ccc(CC2CSCC2Cl)cc1Br. The van der Waals surface area contributed by atoms with Gasteiger partial charge in [0.15, 0.2) is 0 Å². The summed E-state index contributed by atoms with van der Waals surface area (Å²) in [6, 6.07) is 6.26. The van der Waals surface area contributed by atoms with Crippen LogP contribution >= 0.6 is 39.3 Å². The largest absolute Gasteiger partial charge is 0.496 e. The molecular formula is C12H14BrClOS. The third-order valence-corrected chi connectivity index (χ3v) is 5.41. The monoisotopic (exact) mass is 320 g/mol. The molecule has 16 heavy (non-hydrogen) atoms. The third-order valence-electron chi connectivity index (χ3n) is 2.83. The standard InChI is InChI=1S/C12H14BrClOS/c1-15-12-3-2-8(5-10(12)13)4-9-6-16-7-11(9)14/h2-3,5,9,11H,4,6-7H2,1H3. The lowest BCUT2D eigenvalue weighted by molar-refractivity contribution is 0.412. The molecule has 0 saturated carbocycles. The number of methoxy groups -OCH3 is 1. The number of thioether (sulfide) groups is 1. The maximum Gasteiger partial charge on any atom is 0.133 e. The van der Waals surface area contributed by atoms with Gasteiger partial charge in [-0.15, -0.1) is 11.6 Å². The maximum absolute atomic E-state index is 6.27. The van der Waals surface area contributed by atoms with Gasteiger partial charge in [-0.2, -0.15) is 11.8 Å². The van der Waals surface area contributed by atoms with Gasteiger partial charge in [0.2, 0.25) is 0 Å². The summed E-state index contributed by atoms with van der Waals surface area (Å²) in [5.74, 6) is 3.75. The van der Waals surface area contributed by atoms with E-state index in [1.165, 1.54) is 11.3 Å². The fourth-order valence-electron chi connectivity index (χ4n) is 1.90. The van der Waals surface area contributed by atoms with Gasteiger partial charge in [-0.25, -0.2) is 0 Å². The molecule has 1 nitrogen and oxygen atoms in total. The average molecular weight is 322 g/mol. The zero-order chi connectivity index (χ0) is 11.5. The number of benzene rings is 1. The van der Waals surface area contributed by atoms with Gasteiger partial charge in [-0.05, 0) is 51.7 Å². The van der Waals surface area contributed by atoms with Crippen LogP contribution < -0.4 is 4.74 Å². The lowest BCUT2D eigenvalue weighted by Gasteiger charge is -2.13. The van der Waals surface area contributed by atoms with Crippen LogP contribution in [0.1, 0.15) is 5.56 Å². The second-order valence-corrected chi connectivity index (χ2v) is 6.48. The van der Waals surface area contributed by atoms with Crippen molar-refractivity contribution in [2.75, 3.05) is 18.6 Å². The van der Waals surface area contributed by atoms with Gasteiger partial charge in [0.05, 0.1) is 11.6 Å². The summed E-state index contributed by atoms with van der Waals surface area (Å²) >= 11 is 11.7. The van der Waals surface area contributed by atoms with Crippen molar-refractivity contribution >= 4 is 39.3 Å². The van der Waals surface area contributed by atoms with E-state index in [9.17, 15) is 0 Å². The maximum atomic E-state index is 6.27. The minimum absolute atomic E-state index is 0.325. The molecule has 0 amide bonds. The minimum atomic E-state index is 0.325. The Morgan fingerprint density at radius 3 is 2.88 bits per heavy atom. The summed E-state index contributed by atoms with van der Waals surface area (Å²) in [5.41, 5.74) is 1.32. The molecule has 1 aliphatic heterocycles. The first-order valence-corrected chi connectivity index (χ1v) is 7.63. The molecule has 88 valence electrons. The molecule has 2 rings (SSSR count). The van der Waals surface area contributed by atoms with Crippen LogP contribution in [0.25, 0.3) is 0 Å². The van der Waals surface area contributed by atoms with Crippen LogP contribution in [0.4, 0.5) is 0 Å². The lowest BCUT2D eigenvalue weighted by Crippen LogP contribution is -2.14. The van der Waals surface area contributed by atoms with Gasteiger partial charge in [0.1, 0.15) is 5.75 Å². The molecule has 0 bridgehead atoms. The van der Waals surface area contributed by atoms with E-state index in [1.807, 2.05) is 17.8 Å². The van der Waals surface area contributed by atoms with Gasteiger partial charge in [0, 0.05) is 11.1 Å². The number of ether oxygens (including phenoxy) is 1. The molecule has 1 aromatic carbocycles. The Bertz CT molecular complexity index is 372. The van der Waals surface area contributed by atoms with Crippen molar-refractivity contribution in [3.05, 3.63) is 28.2 Å². The first-order valence-electron chi connectivity index (χ1n) is 5.25. The highest BCUT2D eigenvalue weighted by Crippen LogP contribution is 2.33.